The molecule has 5 nitrogen and oxygen atoms in total. The number of benzene rings is 1. The summed E-state index contributed by atoms with van der Waals surface area (Å²) in [4.78, 5) is 15.5. The molecule has 0 radical (unpaired) electrons. The molecule has 1 aliphatic heterocycles. The van der Waals surface area contributed by atoms with Crippen molar-refractivity contribution in [1.29, 1.82) is 0 Å². The van der Waals surface area contributed by atoms with Crippen LogP contribution in [0.4, 0.5) is 5.82 Å². The SMILES string of the molecule is CN1CCN(c2nc(-c3cc4ccccc4s3)cn3ccnc23)CC1. The Morgan fingerprint density at radius 2 is 1.92 bits per heavy atom. The number of thiophene rings is 1. The molecule has 4 aromatic rings. The lowest BCUT2D eigenvalue weighted by molar-refractivity contribution is 0.312. The van der Waals surface area contributed by atoms with Crippen molar-refractivity contribution in [2.45, 2.75) is 0 Å². The minimum Gasteiger partial charge on any atom is -0.351 e. The van der Waals surface area contributed by atoms with Crippen LogP contribution >= 0.6 is 11.3 Å². The fourth-order valence-electron chi connectivity index (χ4n) is 3.37. The van der Waals surface area contributed by atoms with Crippen molar-refractivity contribution in [3.05, 3.63) is 48.9 Å². The van der Waals surface area contributed by atoms with Gasteiger partial charge in [-0.25, -0.2) is 9.97 Å². The second kappa shape index (κ2) is 5.82. The predicted molar refractivity (Wildman–Crippen MR) is 104 cm³/mol. The molecule has 0 unspecified atom stereocenters. The minimum absolute atomic E-state index is 0.939. The number of piperazine rings is 1. The first-order valence-corrected chi connectivity index (χ1v) is 9.36. The first-order chi connectivity index (χ1) is 12.3. The Labute approximate surface area is 150 Å². The second-order valence-electron chi connectivity index (χ2n) is 6.55. The van der Waals surface area contributed by atoms with Gasteiger partial charge in [-0.15, -0.1) is 11.3 Å². The molecule has 1 fully saturated rings. The van der Waals surface area contributed by atoms with Crippen LogP contribution in [0.15, 0.2) is 48.9 Å². The van der Waals surface area contributed by atoms with Crippen LogP contribution < -0.4 is 4.90 Å². The van der Waals surface area contributed by atoms with Crippen LogP contribution in [0.2, 0.25) is 0 Å². The number of imidazole rings is 1. The van der Waals surface area contributed by atoms with E-state index < -0.39 is 0 Å². The number of aromatic nitrogens is 3. The maximum Gasteiger partial charge on any atom is 0.180 e. The molecule has 25 heavy (non-hydrogen) atoms. The third-order valence-electron chi connectivity index (χ3n) is 4.84. The van der Waals surface area contributed by atoms with Gasteiger partial charge in [-0.1, -0.05) is 18.2 Å². The highest BCUT2D eigenvalue weighted by atomic mass is 32.1. The van der Waals surface area contributed by atoms with Gasteiger partial charge < -0.3 is 14.2 Å². The average molecular weight is 349 g/mol. The molecule has 0 aliphatic carbocycles. The van der Waals surface area contributed by atoms with Gasteiger partial charge in [0.25, 0.3) is 0 Å². The third kappa shape index (κ3) is 2.58. The van der Waals surface area contributed by atoms with Gasteiger partial charge in [0, 0.05) is 49.5 Å². The van der Waals surface area contributed by atoms with Gasteiger partial charge in [0.1, 0.15) is 0 Å². The largest absolute Gasteiger partial charge is 0.351 e. The fourth-order valence-corrected chi connectivity index (χ4v) is 4.39. The van der Waals surface area contributed by atoms with E-state index in [-0.39, 0.29) is 0 Å². The molecule has 1 aromatic carbocycles. The topological polar surface area (TPSA) is 36.7 Å². The number of hydrogen-bond donors (Lipinski definition) is 0. The summed E-state index contributed by atoms with van der Waals surface area (Å²) in [6.45, 7) is 4.09. The summed E-state index contributed by atoms with van der Waals surface area (Å²) in [6, 6.07) is 10.7. The Morgan fingerprint density at radius 1 is 1.08 bits per heavy atom. The first-order valence-electron chi connectivity index (χ1n) is 8.54. The summed E-state index contributed by atoms with van der Waals surface area (Å²) >= 11 is 1.79. The number of hydrogen-bond acceptors (Lipinski definition) is 5. The van der Waals surface area contributed by atoms with E-state index in [0.29, 0.717) is 0 Å². The number of fused-ring (bicyclic) bond motifs is 2. The van der Waals surface area contributed by atoms with Crippen molar-refractivity contribution in [2.75, 3.05) is 38.1 Å². The van der Waals surface area contributed by atoms with Crippen LogP contribution in [0.1, 0.15) is 0 Å². The lowest BCUT2D eigenvalue weighted by Crippen LogP contribution is -2.45. The van der Waals surface area contributed by atoms with E-state index in [4.69, 9.17) is 4.98 Å². The number of likely N-dealkylation sites (N-methyl/N-ethyl adjacent to an activating group) is 1. The maximum absolute atomic E-state index is 5.02. The summed E-state index contributed by atoms with van der Waals surface area (Å²) in [6.07, 6.45) is 5.95. The molecule has 0 bridgehead atoms. The highest BCUT2D eigenvalue weighted by molar-refractivity contribution is 7.22. The van der Waals surface area contributed by atoms with Crippen LogP contribution in [0.5, 0.6) is 0 Å². The fraction of sp³-hybridized carbons (Fsp3) is 0.263. The quantitative estimate of drug-likeness (QED) is 0.556. The molecule has 126 valence electrons. The van der Waals surface area contributed by atoms with Crippen molar-refractivity contribution >= 4 is 32.9 Å². The Morgan fingerprint density at radius 3 is 2.76 bits per heavy atom. The van der Waals surface area contributed by atoms with Gasteiger partial charge in [-0.3, -0.25) is 0 Å². The van der Waals surface area contributed by atoms with Crippen molar-refractivity contribution in [3.8, 4) is 10.6 Å². The van der Waals surface area contributed by atoms with Gasteiger partial charge in [0.05, 0.1) is 10.6 Å². The van der Waals surface area contributed by atoms with Gasteiger partial charge in [0.2, 0.25) is 0 Å². The lowest BCUT2D eigenvalue weighted by Gasteiger charge is -2.33. The Hall–Kier alpha value is -2.44. The maximum atomic E-state index is 5.02. The molecule has 0 saturated carbocycles. The molecule has 4 heterocycles. The molecule has 5 rings (SSSR count). The van der Waals surface area contributed by atoms with E-state index in [9.17, 15) is 0 Å². The molecule has 3 aromatic heterocycles. The zero-order valence-corrected chi connectivity index (χ0v) is 14.9. The van der Waals surface area contributed by atoms with Gasteiger partial charge in [-0.2, -0.15) is 0 Å². The van der Waals surface area contributed by atoms with Gasteiger partial charge >= 0.3 is 0 Å². The summed E-state index contributed by atoms with van der Waals surface area (Å²) in [5, 5.41) is 1.27. The molecule has 1 saturated heterocycles. The first kappa shape index (κ1) is 14.9. The monoisotopic (exact) mass is 349 g/mol. The molecule has 0 amide bonds. The van der Waals surface area contributed by atoms with E-state index >= 15 is 0 Å². The van der Waals surface area contributed by atoms with E-state index in [2.05, 4.69) is 62.8 Å². The van der Waals surface area contributed by atoms with Crippen LogP contribution in [0.3, 0.4) is 0 Å². The molecular formula is C19H19N5S. The van der Waals surface area contributed by atoms with Gasteiger partial charge in [0.15, 0.2) is 11.5 Å². The van der Waals surface area contributed by atoms with Crippen molar-refractivity contribution in [1.82, 2.24) is 19.3 Å². The van der Waals surface area contributed by atoms with Crippen molar-refractivity contribution in [2.24, 2.45) is 0 Å². The summed E-state index contributed by atoms with van der Waals surface area (Å²) in [5.41, 5.74) is 1.95. The number of nitrogens with zero attached hydrogens (tertiary/aromatic N) is 5. The zero-order valence-electron chi connectivity index (χ0n) is 14.1. The van der Waals surface area contributed by atoms with Crippen molar-refractivity contribution < 1.29 is 0 Å². The smallest absolute Gasteiger partial charge is 0.180 e. The Bertz CT molecular complexity index is 1010. The summed E-state index contributed by atoms with van der Waals surface area (Å²) < 4.78 is 3.39. The van der Waals surface area contributed by atoms with Crippen LogP contribution in [0.25, 0.3) is 26.3 Å². The summed E-state index contributed by atoms with van der Waals surface area (Å²) in [7, 11) is 2.17. The third-order valence-corrected chi connectivity index (χ3v) is 5.98. The van der Waals surface area contributed by atoms with Crippen LogP contribution in [-0.2, 0) is 0 Å². The lowest BCUT2D eigenvalue weighted by atomic mass is 10.2. The Kier molecular flexibility index (Phi) is 3.46. The zero-order chi connectivity index (χ0) is 16.8. The molecular weight excluding hydrogens is 330 g/mol. The normalized spacial score (nSPS) is 16.1. The highest BCUT2D eigenvalue weighted by Gasteiger charge is 2.20. The van der Waals surface area contributed by atoms with E-state index in [0.717, 1.165) is 43.3 Å². The second-order valence-corrected chi connectivity index (χ2v) is 7.63. The molecule has 0 spiro atoms. The summed E-state index contributed by atoms with van der Waals surface area (Å²) in [5.74, 6) is 0.994. The standard InChI is InChI=1S/C19H19N5S/c1-22-8-10-23(11-9-22)19-18-20-6-7-24(18)13-15(21-19)17-12-14-4-2-3-5-16(14)25-17/h2-7,12-13H,8-11H2,1H3. The molecule has 1 aliphatic rings. The van der Waals surface area contributed by atoms with E-state index in [1.807, 2.05) is 12.4 Å². The molecule has 6 heteroatoms. The highest BCUT2D eigenvalue weighted by Crippen LogP contribution is 2.34. The van der Waals surface area contributed by atoms with Crippen LogP contribution in [-0.4, -0.2) is 52.5 Å². The van der Waals surface area contributed by atoms with Gasteiger partial charge in [-0.05, 0) is 24.6 Å². The number of anilines is 1. The van der Waals surface area contributed by atoms with Crippen LogP contribution in [0, 0.1) is 0 Å². The predicted octanol–water partition coefficient (Wildman–Crippen LogP) is 3.36. The van der Waals surface area contributed by atoms with Crippen molar-refractivity contribution in [3.63, 3.8) is 0 Å². The van der Waals surface area contributed by atoms with E-state index in [1.165, 1.54) is 15.0 Å². The average Bonchev–Trinajstić information content (AvgIpc) is 3.28. The van der Waals surface area contributed by atoms with E-state index in [1.54, 1.807) is 11.3 Å². The molecule has 0 atom stereocenters. The molecule has 0 N–H and O–H groups in total. The number of rotatable bonds is 2. The Balaban J connectivity index is 1.64. The minimum atomic E-state index is 0.939.